The first-order valence-corrected chi connectivity index (χ1v) is 8.53. The van der Waals surface area contributed by atoms with Crippen molar-refractivity contribution in [1.29, 1.82) is 0 Å². The van der Waals surface area contributed by atoms with Gasteiger partial charge in [0.1, 0.15) is 5.60 Å². The van der Waals surface area contributed by atoms with Crippen molar-refractivity contribution in [2.45, 2.75) is 58.1 Å². The topological polar surface area (TPSA) is 71.5 Å². The quantitative estimate of drug-likeness (QED) is 0.889. The maximum absolute atomic E-state index is 14.5. The molecule has 1 aliphatic rings. The van der Waals surface area contributed by atoms with Gasteiger partial charge in [0.2, 0.25) is 5.91 Å². The zero-order valence-electron chi connectivity index (χ0n) is 15.5. The summed E-state index contributed by atoms with van der Waals surface area (Å²) >= 11 is 0. The minimum atomic E-state index is -2.94. The number of pyridine rings is 1. The summed E-state index contributed by atoms with van der Waals surface area (Å²) < 4.78 is 34.3. The van der Waals surface area contributed by atoms with E-state index < -0.39 is 30.0 Å². The van der Waals surface area contributed by atoms with Gasteiger partial charge >= 0.3 is 6.09 Å². The first kappa shape index (κ1) is 20.1. The summed E-state index contributed by atoms with van der Waals surface area (Å²) in [7, 11) is 0. The van der Waals surface area contributed by atoms with Crippen molar-refractivity contribution in [3.8, 4) is 0 Å². The standard InChI is InChI=1S/C18H25F2N3O3/c1-12(24)22-10-14-9-13(5-7-21-14)15-11-23(8-6-18(15,19)20)16(25)26-17(2,3)4/h5,7,9,15H,6,8,10-11H2,1-4H3,(H,22,24)/t15-/m1/s1. The van der Waals surface area contributed by atoms with E-state index in [1.807, 2.05) is 0 Å². The monoisotopic (exact) mass is 369 g/mol. The number of alkyl halides is 2. The highest BCUT2D eigenvalue weighted by molar-refractivity contribution is 5.72. The number of aromatic nitrogens is 1. The lowest BCUT2D eigenvalue weighted by Crippen LogP contribution is -2.49. The number of nitrogens with one attached hydrogen (secondary N) is 1. The molecule has 0 aliphatic carbocycles. The number of nitrogens with zero attached hydrogens (tertiary/aromatic N) is 2. The summed E-state index contributed by atoms with van der Waals surface area (Å²) in [5.74, 6) is -4.32. The Balaban J connectivity index is 2.18. The van der Waals surface area contributed by atoms with Gasteiger partial charge in [0.15, 0.2) is 0 Å². The molecule has 8 heteroatoms. The molecule has 0 spiro atoms. The predicted molar refractivity (Wildman–Crippen MR) is 91.9 cm³/mol. The van der Waals surface area contributed by atoms with Crippen LogP contribution in [0.4, 0.5) is 13.6 Å². The third-order valence-electron chi connectivity index (χ3n) is 4.04. The van der Waals surface area contributed by atoms with E-state index in [9.17, 15) is 18.4 Å². The Kier molecular flexibility index (Phi) is 5.83. The molecule has 1 aromatic rings. The number of ether oxygens (including phenoxy) is 1. The molecule has 1 aliphatic heterocycles. The molecule has 0 saturated carbocycles. The van der Waals surface area contributed by atoms with Crippen LogP contribution in [0.3, 0.4) is 0 Å². The molecule has 144 valence electrons. The maximum Gasteiger partial charge on any atom is 0.410 e. The molecule has 2 heterocycles. The van der Waals surface area contributed by atoms with Crippen LogP contribution in [0.5, 0.6) is 0 Å². The Morgan fingerprint density at radius 1 is 1.42 bits per heavy atom. The fourth-order valence-corrected chi connectivity index (χ4v) is 2.77. The zero-order valence-corrected chi connectivity index (χ0v) is 15.5. The van der Waals surface area contributed by atoms with Crippen LogP contribution in [0.1, 0.15) is 51.3 Å². The van der Waals surface area contributed by atoms with E-state index in [0.29, 0.717) is 11.3 Å². The molecule has 1 fully saturated rings. The second-order valence-electron chi connectivity index (χ2n) is 7.48. The van der Waals surface area contributed by atoms with Crippen molar-refractivity contribution < 1.29 is 23.1 Å². The molecule has 2 rings (SSSR count). The van der Waals surface area contributed by atoms with Crippen LogP contribution in [0.15, 0.2) is 18.3 Å². The average Bonchev–Trinajstić information content (AvgIpc) is 2.51. The third-order valence-corrected chi connectivity index (χ3v) is 4.04. The van der Waals surface area contributed by atoms with Crippen LogP contribution in [-0.2, 0) is 16.1 Å². The van der Waals surface area contributed by atoms with Gasteiger partial charge in [0.05, 0.1) is 18.2 Å². The van der Waals surface area contributed by atoms with E-state index in [1.54, 1.807) is 26.8 Å². The van der Waals surface area contributed by atoms with Crippen molar-refractivity contribution in [3.63, 3.8) is 0 Å². The van der Waals surface area contributed by atoms with Crippen LogP contribution in [0, 0.1) is 0 Å². The molecule has 1 N–H and O–H groups in total. The number of likely N-dealkylation sites (tertiary alicyclic amines) is 1. The summed E-state index contributed by atoms with van der Waals surface area (Å²) in [6.07, 6.45) is 0.417. The van der Waals surface area contributed by atoms with E-state index in [0.717, 1.165) is 0 Å². The minimum Gasteiger partial charge on any atom is -0.444 e. The number of amides is 2. The number of hydrogen-bond acceptors (Lipinski definition) is 4. The summed E-state index contributed by atoms with van der Waals surface area (Å²) in [6.45, 7) is 6.55. The molecule has 1 aromatic heterocycles. The number of hydrogen-bond donors (Lipinski definition) is 1. The second kappa shape index (κ2) is 7.55. The van der Waals surface area contributed by atoms with Gasteiger partial charge in [-0.2, -0.15) is 0 Å². The molecule has 0 radical (unpaired) electrons. The molecule has 0 aromatic carbocycles. The fraction of sp³-hybridized carbons (Fsp3) is 0.611. The molecule has 1 saturated heterocycles. The molecular weight excluding hydrogens is 344 g/mol. The van der Waals surface area contributed by atoms with E-state index >= 15 is 0 Å². The lowest BCUT2D eigenvalue weighted by atomic mass is 9.87. The smallest absolute Gasteiger partial charge is 0.410 e. The van der Waals surface area contributed by atoms with E-state index in [1.165, 1.54) is 24.1 Å². The lowest BCUT2D eigenvalue weighted by molar-refractivity contribution is -0.119. The number of carbonyl (C=O) groups excluding carboxylic acids is 2. The van der Waals surface area contributed by atoms with Crippen molar-refractivity contribution in [2.75, 3.05) is 13.1 Å². The predicted octanol–water partition coefficient (Wildman–Crippen LogP) is 3.08. The van der Waals surface area contributed by atoms with Crippen LogP contribution < -0.4 is 5.32 Å². The Hall–Kier alpha value is -2.25. The van der Waals surface area contributed by atoms with Crippen molar-refractivity contribution in [3.05, 3.63) is 29.6 Å². The summed E-state index contributed by atoms with van der Waals surface area (Å²) in [4.78, 5) is 28.7. The summed E-state index contributed by atoms with van der Waals surface area (Å²) in [5, 5.41) is 2.59. The average molecular weight is 369 g/mol. The van der Waals surface area contributed by atoms with Crippen molar-refractivity contribution >= 4 is 12.0 Å². The normalized spacial score (nSPS) is 19.8. The second-order valence-corrected chi connectivity index (χ2v) is 7.48. The van der Waals surface area contributed by atoms with Gasteiger partial charge in [-0.3, -0.25) is 9.78 Å². The van der Waals surface area contributed by atoms with Crippen LogP contribution in [0.25, 0.3) is 0 Å². The van der Waals surface area contributed by atoms with Gasteiger partial charge in [-0.25, -0.2) is 13.6 Å². The minimum absolute atomic E-state index is 0.0533. The van der Waals surface area contributed by atoms with Crippen LogP contribution in [-0.4, -0.2) is 46.5 Å². The van der Waals surface area contributed by atoms with Gasteiger partial charge in [0.25, 0.3) is 5.92 Å². The first-order chi connectivity index (χ1) is 12.0. The molecule has 6 nitrogen and oxygen atoms in total. The highest BCUT2D eigenvalue weighted by Gasteiger charge is 2.46. The molecule has 26 heavy (non-hydrogen) atoms. The van der Waals surface area contributed by atoms with Crippen LogP contribution in [0.2, 0.25) is 0 Å². The summed E-state index contributed by atoms with van der Waals surface area (Å²) in [6, 6.07) is 3.07. The number of halogens is 2. The Morgan fingerprint density at radius 2 is 2.12 bits per heavy atom. The molecule has 2 amide bonds. The highest BCUT2D eigenvalue weighted by atomic mass is 19.3. The van der Waals surface area contributed by atoms with Crippen molar-refractivity contribution in [1.82, 2.24) is 15.2 Å². The van der Waals surface area contributed by atoms with Crippen molar-refractivity contribution in [2.24, 2.45) is 0 Å². The van der Waals surface area contributed by atoms with E-state index in [4.69, 9.17) is 4.74 Å². The first-order valence-electron chi connectivity index (χ1n) is 8.53. The zero-order chi connectivity index (χ0) is 19.5. The number of carbonyl (C=O) groups is 2. The molecule has 0 unspecified atom stereocenters. The largest absolute Gasteiger partial charge is 0.444 e. The SMILES string of the molecule is CC(=O)NCc1cc([C@H]2CN(C(=O)OC(C)(C)C)CCC2(F)F)ccn1. The highest BCUT2D eigenvalue weighted by Crippen LogP contribution is 2.40. The Morgan fingerprint density at radius 3 is 2.73 bits per heavy atom. The molecule has 1 atom stereocenters. The fourth-order valence-electron chi connectivity index (χ4n) is 2.77. The van der Waals surface area contributed by atoms with E-state index in [-0.39, 0.29) is 25.5 Å². The number of rotatable bonds is 3. The molecular formula is C18H25F2N3O3. The molecule has 0 bridgehead atoms. The summed E-state index contributed by atoms with van der Waals surface area (Å²) in [5.41, 5.74) is 0.191. The van der Waals surface area contributed by atoms with Crippen LogP contribution >= 0.6 is 0 Å². The van der Waals surface area contributed by atoms with Gasteiger partial charge in [-0.05, 0) is 38.5 Å². The Bertz CT molecular complexity index is 674. The third kappa shape index (κ3) is 5.37. The van der Waals surface area contributed by atoms with Gasteiger partial charge in [-0.1, -0.05) is 0 Å². The lowest BCUT2D eigenvalue weighted by Gasteiger charge is -2.39. The van der Waals surface area contributed by atoms with E-state index in [2.05, 4.69) is 10.3 Å². The maximum atomic E-state index is 14.5. The number of piperidine rings is 1. The van der Waals surface area contributed by atoms with Gasteiger partial charge in [0, 0.05) is 32.6 Å². The Labute approximate surface area is 151 Å². The van der Waals surface area contributed by atoms with Gasteiger partial charge in [-0.15, -0.1) is 0 Å². The van der Waals surface area contributed by atoms with Gasteiger partial charge < -0.3 is 15.0 Å².